The molecule has 6 heteroatoms. The second-order valence-electron chi connectivity index (χ2n) is 6.05. The summed E-state index contributed by atoms with van der Waals surface area (Å²) in [5, 5.41) is 0. The Morgan fingerprint density at radius 1 is 1.33 bits per heavy atom. The van der Waals surface area contributed by atoms with Crippen molar-refractivity contribution in [2.45, 2.75) is 44.8 Å². The van der Waals surface area contributed by atoms with E-state index in [2.05, 4.69) is 4.98 Å². The van der Waals surface area contributed by atoms with Gasteiger partial charge in [0.05, 0.1) is 0 Å². The van der Waals surface area contributed by atoms with Crippen molar-refractivity contribution in [3.63, 3.8) is 0 Å². The third kappa shape index (κ3) is 3.75. The van der Waals surface area contributed by atoms with Crippen LogP contribution in [0.25, 0.3) is 0 Å². The first-order valence-electron chi connectivity index (χ1n) is 8.24. The molecule has 2 aromatic rings. The number of rotatable bonds is 5. The van der Waals surface area contributed by atoms with Gasteiger partial charge in [0.25, 0.3) is 5.91 Å². The number of amides is 1. The zero-order valence-electron chi connectivity index (χ0n) is 13.7. The summed E-state index contributed by atoms with van der Waals surface area (Å²) in [5.74, 6) is -0.221. The fraction of sp³-hybridized carbons (Fsp3) is 0.444. The predicted molar refractivity (Wildman–Crippen MR) is 86.2 cm³/mol. The van der Waals surface area contributed by atoms with Gasteiger partial charge in [0.2, 0.25) is 5.89 Å². The van der Waals surface area contributed by atoms with Crippen LogP contribution in [0.4, 0.5) is 4.39 Å². The fourth-order valence-corrected chi connectivity index (χ4v) is 2.99. The number of nitrogens with zero attached hydrogens (tertiary/aromatic N) is 2. The first-order chi connectivity index (χ1) is 11.6. The number of carbonyl (C=O) groups excluding carboxylic acids is 1. The Morgan fingerprint density at radius 3 is 2.83 bits per heavy atom. The number of halogens is 1. The molecule has 1 aliphatic rings. The molecule has 0 atom stereocenters. The highest BCUT2D eigenvalue weighted by atomic mass is 19.1. The van der Waals surface area contributed by atoms with E-state index in [1.54, 1.807) is 17.0 Å². The maximum absolute atomic E-state index is 13.5. The van der Waals surface area contributed by atoms with Gasteiger partial charge in [-0.05, 0) is 25.0 Å². The van der Waals surface area contributed by atoms with Crippen LogP contribution >= 0.6 is 0 Å². The molecule has 1 aliphatic carbocycles. The van der Waals surface area contributed by atoms with E-state index in [0.717, 1.165) is 25.7 Å². The van der Waals surface area contributed by atoms with E-state index in [-0.39, 0.29) is 35.9 Å². The van der Waals surface area contributed by atoms with Crippen molar-refractivity contribution in [2.24, 2.45) is 0 Å². The number of para-hydroxylation sites is 1. The molecule has 24 heavy (non-hydrogen) atoms. The number of hydrogen-bond donors (Lipinski definition) is 0. The van der Waals surface area contributed by atoms with Crippen molar-refractivity contribution >= 4 is 5.91 Å². The SMILES string of the molecule is CN(C(=O)c1coc(COc2ccccc2F)n1)C1CCCCC1. The summed E-state index contributed by atoms with van der Waals surface area (Å²) in [5.41, 5.74) is 0.259. The van der Waals surface area contributed by atoms with Crippen LogP contribution in [-0.4, -0.2) is 28.9 Å². The van der Waals surface area contributed by atoms with E-state index < -0.39 is 5.82 Å². The minimum Gasteiger partial charge on any atom is -0.481 e. The predicted octanol–water partition coefficient (Wildman–Crippen LogP) is 3.80. The smallest absolute Gasteiger partial charge is 0.275 e. The van der Waals surface area contributed by atoms with Gasteiger partial charge in [-0.1, -0.05) is 31.4 Å². The molecule has 0 aliphatic heterocycles. The Labute approximate surface area is 140 Å². The highest BCUT2D eigenvalue weighted by molar-refractivity contribution is 5.92. The third-order valence-corrected chi connectivity index (χ3v) is 4.40. The number of oxazole rings is 1. The topological polar surface area (TPSA) is 55.6 Å². The van der Waals surface area contributed by atoms with Gasteiger partial charge < -0.3 is 14.1 Å². The van der Waals surface area contributed by atoms with Crippen LogP contribution in [-0.2, 0) is 6.61 Å². The van der Waals surface area contributed by atoms with E-state index >= 15 is 0 Å². The molecule has 1 aromatic carbocycles. The Bertz CT molecular complexity index is 695. The second kappa shape index (κ2) is 7.47. The summed E-state index contributed by atoms with van der Waals surface area (Å²) >= 11 is 0. The maximum Gasteiger partial charge on any atom is 0.275 e. The average molecular weight is 332 g/mol. The van der Waals surface area contributed by atoms with Crippen molar-refractivity contribution in [2.75, 3.05) is 7.05 Å². The van der Waals surface area contributed by atoms with Crippen molar-refractivity contribution in [1.29, 1.82) is 0 Å². The normalized spacial score (nSPS) is 15.2. The minimum atomic E-state index is -0.447. The molecule has 1 aromatic heterocycles. The first-order valence-corrected chi connectivity index (χ1v) is 8.24. The van der Waals surface area contributed by atoms with Gasteiger partial charge in [-0.15, -0.1) is 0 Å². The molecule has 0 N–H and O–H groups in total. The monoisotopic (exact) mass is 332 g/mol. The van der Waals surface area contributed by atoms with Gasteiger partial charge in [0, 0.05) is 13.1 Å². The van der Waals surface area contributed by atoms with Crippen molar-refractivity contribution in [3.05, 3.63) is 47.9 Å². The minimum absolute atomic E-state index is 0.0264. The molecule has 0 spiro atoms. The summed E-state index contributed by atoms with van der Waals surface area (Å²) in [6.07, 6.45) is 6.94. The summed E-state index contributed by atoms with van der Waals surface area (Å²) in [6, 6.07) is 6.38. The Morgan fingerprint density at radius 2 is 2.08 bits per heavy atom. The third-order valence-electron chi connectivity index (χ3n) is 4.40. The summed E-state index contributed by atoms with van der Waals surface area (Å²) in [6.45, 7) is -0.0264. The van der Waals surface area contributed by atoms with Crippen LogP contribution in [0.5, 0.6) is 5.75 Å². The summed E-state index contributed by atoms with van der Waals surface area (Å²) < 4.78 is 24.1. The highest BCUT2D eigenvalue weighted by Gasteiger charge is 2.25. The fourth-order valence-electron chi connectivity index (χ4n) is 2.99. The number of hydrogen-bond acceptors (Lipinski definition) is 4. The molecular weight excluding hydrogens is 311 g/mol. The van der Waals surface area contributed by atoms with Gasteiger partial charge in [-0.3, -0.25) is 4.79 Å². The van der Waals surface area contributed by atoms with Crippen LogP contribution in [0, 0.1) is 5.82 Å². The number of benzene rings is 1. The van der Waals surface area contributed by atoms with Gasteiger partial charge in [0.15, 0.2) is 23.9 Å². The first kappa shape index (κ1) is 16.5. The van der Waals surface area contributed by atoms with E-state index in [1.807, 2.05) is 7.05 Å². The molecule has 0 bridgehead atoms. The summed E-state index contributed by atoms with van der Waals surface area (Å²) in [7, 11) is 1.81. The summed E-state index contributed by atoms with van der Waals surface area (Å²) in [4.78, 5) is 18.4. The van der Waals surface area contributed by atoms with Crippen LogP contribution in [0.3, 0.4) is 0 Å². The molecule has 1 amide bonds. The lowest BCUT2D eigenvalue weighted by Gasteiger charge is -2.30. The molecule has 0 saturated heterocycles. The molecule has 128 valence electrons. The largest absolute Gasteiger partial charge is 0.481 e. The number of ether oxygens (including phenoxy) is 1. The molecular formula is C18H21FN2O3. The molecule has 5 nitrogen and oxygen atoms in total. The quantitative estimate of drug-likeness (QED) is 0.836. The Kier molecular flexibility index (Phi) is 5.13. The molecule has 0 radical (unpaired) electrons. The van der Waals surface area contributed by atoms with Crippen LogP contribution in [0.1, 0.15) is 48.5 Å². The second-order valence-corrected chi connectivity index (χ2v) is 6.05. The van der Waals surface area contributed by atoms with Crippen molar-refractivity contribution < 1.29 is 18.3 Å². The van der Waals surface area contributed by atoms with E-state index in [0.29, 0.717) is 0 Å². The van der Waals surface area contributed by atoms with Gasteiger partial charge in [-0.2, -0.15) is 0 Å². The van der Waals surface area contributed by atoms with Crippen molar-refractivity contribution in [1.82, 2.24) is 9.88 Å². The number of carbonyl (C=O) groups is 1. The lowest BCUT2D eigenvalue weighted by Crippen LogP contribution is -2.38. The van der Waals surface area contributed by atoms with Crippen molar-refractivity contribution in [3.8, 4) is 5.75 Å². The van der Waals surface area contributed by atoms with Crippen LogP contribution < -0.4 is 4.74 Å². The standard InChI is InChI=1S/C18H21FN2O3/c1-21(13-7-3-2-4-8-13)18(22)15-11-24-17(20-15)12-23-16-10-6-5-9-14(16)19/h5-6,9-11,13H,2-4,7-8,12H2,1H3. The van der Waals surface area contributed by atoms with Crippen LogP contribution in [0.2, 0.25) is 0 Å². The van der Waals surface area contributed by atoms with E-state index in [1.165, 1.54) is 24.8 Å². The van der Waals surface area contributed by atoms with E-state index in [4.69, 9.17) is 9.15 Å². The lowest BCUT2D eigenvalue weighted by molar-refractivity contribution is 0.0690. The maximum atomic E-state index is 13.5. The van der Waals surface area contributed by atoms with E-state index in [9.17, 15) is 9.18 Å². The number of aromatic nitrogens is 1. The van der Waals surface area contributed by atoms with Crippen LogP contribution in [0.15, 0.2) is 34.9 Å². The van der Waals surface area contributed by atoms with Gasteiger partial charge in [-0.25, -0.2) is 9.37 Å². The Balaban J connectivity index is 1.60. The molecule has 1 heterocycles. The molecule has 0 unspecified atom stereocenters. The molecule has 1 fully saturated rings. The zero-order valence-corrected chi connectivity index (χ0v) is 13.7. The Hall–Kier alpha value is -2.37. The zero-order chi connectivity index (χ0) is 16.9. The van der Waals surface area contributed by atoms with Gasteiger partial charge >= 0.3 is 0 Å². The average Bonchev–Trinajstić information content (AvgIpc) is 3.09. The molecule has 1 saturated carbocycles. The molecule has 3 rings (SSSR count). The lowest BCUT2D eigenvalue weighted by atomic mass is 9.94. The highest BCUT2D eigenvalue weighted by Crippen LogP contribution is 2.23. The van der Waals surface area contributed by atoms with Gasteiger partial charge in [0.1, 0.15) is 6.26 Å².